The standard InChI is InChI=1S/C8H8N2O2S/c9-2-5-1-7(13-4-5)6(3-10)8(11)12/h1,4,6H,3,10H2,(H,11,12). The lowest BCUT2D eigenvalue weighted by Crippen LogP contribution is -2.19. The molecule has 1 unspecified atom stereocenters. The predicted molar refractivity (Wildman–Crippen MR) is 48.5 cm³/mol. The van der Waals surface area contributed by atoms with Gasteiger partial charge in [-0.15, -0.1) is 11.3 Å². The van der Waals surface area contributed by atoms with E-state index < -0.39 is 11.9 Å². The molecule has 0 fully saturated rings. The third-order valence-electron chi connectivity index (χ3n) is 1.63. The molecule has 0 radical (unpaired) electrons. The zero-order valence-electron chi connectivity index (χ0n) is 6.73. The Morgan fingerprint density at radius 1 is 1.85 bits per heavy atom. The van der Waals surface area contributed by atoms with Crippen molar-refractivity contribution < 1.29 is 9.90 Å². The van der Waals surface area contributed by atoms with Crippen LogP contribution in [-0.4, -0.2) is 17.6 Å². The van der Waals surface area contributed by atoms with Crippen LogP contribution in [0.1, 0.15) is 16.4 Å². The minimum absolute atomic E-state index is 0.0563. The van der Waals surface area contributed by atoms with Gasteiger partial charge in [-0.1, -0.05) is 0 Å². The molecule has 5 heteroatoms. The minimum atomic E-state index is -0.950. The summed E-state index contributed by atoms with van der Waals surface area (Å²) in [6.45, 7) is 0.0563. The summed E-state index contributed by atoms with van der Waals surface area (Å²) in [7, 11) is 0. The van der Waals surface area contributed by atoms with Gasteiger partial charge in [-0.25, -0.2) is 0 Å². The van der Waals surface area contributed by atoms with Crippen molar-refractivity contribution in [2.75, 3.05) is 6.54 Å². The summed E-state index contributed by atoms with van der Waals surface area (Å²) < 4.78 is 0. The molecular formula is C8H8N2O2S. The number of carbonyl (C=O) groups is 1. The van der Waals surface area contributed by atoms with Crippen LogP contribution >= 0.6 is 11.3 Å². The van der Waals surface area contributed by atoms with Gasteiger partial charge in [-0.3, -0.25) is 4.79 Å². The van der Waals surface area contributed by atoms with E-state index in [0.717, 1.165) is 0 Å². The number of hydrogen-bond acceptors (Lipinski definition) is 4. The lowest BCUT2D eigenvalue weighted by molar-refractivity contribution is -0.138. The normalized spacial score (nSPS) is 12.0. The molecule has 0 bridgehead atoms. The maximum absolute atomic E-state index is 10.7. The zero-order chi connectivity index (χ0) is 9.84. The van der Waals surface area contributed by atoms with Crippen LogP contribution < -0.4 is 5.73 Å². The Labute approximate surface area is 79.2 Å². The molecule has 0 saturated carbocycles. The lowest BCUT2D eigenvalue weighted by atomic mass is 10.1. The Bertz CT molecular complexity index is 353. The van der Waals surface area contributed by atoms with Crippen LogP contribution in [0.4, 0.5) is 0 Å². The van der Waals surface area contributed by atoms with E-state index in [1.807, 2.05) is 6.07 Å². The van der Waals surface area contributed by atoms with Gasteiger partial charge in [0.1, 0.15) is 12.0 Å². The number of carboxylic acids is 1. The van der Waals surface area contributed by atoms with Crippen molar-refractivity contribution in [1.82, 2.24) is 0 Å². The maximum Gasteiger partial charge on any atom is 0.313 e. The highest BCUT2D eigenvalue weighted by atomic mass is 32.1. The molecule has 1 rings (SSSR count). The largest absolute Gasteiger partial charge is 0.481 e. The van der Waals surface area contributed by atoms with E-state index in [-0.39, 0.29) is 6.54 Å². The summed E-state index contributed by atoms with van der Waals surface area (Å²) in [6, 6.07) is 3.51. The highest BCUT2D eigenvalue weighted by molar-refractivity contribution is 7.10. The number of nitriles is 1. The van der Waals surface area contributed by atoms with E-state index in [1.54, 1.807) is 11.4 Å². The van der Waals surface area contributed by atoms with Gasteiger partial charge in [0.2, 0.25) is 0 Å². The van der Waals surface area contributed by atoms with Gasteiger partial charge in [-0.2, -0.15) is 5.26 Å². The van der Waals surface area contributed by atoms with Gasteiger partial charge >= 0.3 is 5.97 Å². The van der Waals surface area contributed by atoms with E-state index in [0.29, 0.717) is 10.4 Å². The van der Waals surface area contributed by atoms with Crippen molar-refractivity contribution in [2.45, 2.75) is 5.92 Å². The van der Waals surface area contributed by atoms with Crippen molar-refractivity contribution >= 4 is 17.3 Å². The molecule has 0 spiro atoms. The number of aliphatic carboxylic acids is 1. The minimum Gasteiger partial charge on any atom is -0.481 e. The molecule has 0 amide bonds. The SMILES string of the molecule is N#Cc1csc(C(CN)C(=O)O)c1. The Morgan fingerprint density at radius 2 is 2.54 bits per heavy atom. The molecule has 0 aliphatic rings. The van der Waals surface area contributed by atoms with Crippen molar-refractivity contribution in [1.29, 1.82) is 5.26 Å². The Morgan fingerprint density at radius 3 is 2.92 bits per heavy atom. The first-order valence-electron chi connectivity index (χ1n) is 3.60. The quantitative estimate of drug-likeness (QED) is 0.746. The van der Waals surface area contributed by atoms with Crippen molar-refractivity contribution in [2.24, 2.45) is 5.73 Å². The van der Waals surface area contributed by atoms with Crippen LogP contribution in [0.5, 0.6) is 0 Å². The summed E-state index contributed by atoms with van der Waals surface area (Å²) in [5.41, 5.74) is 5.79. The van der Waals surface area contributed by atoms with Crippen LogP contribution in [0.2, 0.25) is 0 Å². The van der Waals surface area contributed by atoms with E-state index in [4.69, 9.17) is 16.1 Å². The number of rotatable bonds is 3. The molecule has 13 heavy (non-hydrogen) atoms. The molecule has 0 aromatic carbocycles. The third kappa shape index (κ3) is 2.05. The number of nitrogens with zero attached hydrogens (tertiary/aromatic N) is 1. The summed E-state index contributed by atoms with van der Waals surface area (Å²) in [6.07, 6.45) is 0. The fourth-order valence-electron chi connectivity index (χ4n) is 0.933. The first kappa shape index (κ1) is 9.71. The van der Waals surface area contributed by atoms with Crippen LogP contribution in [0.25, 0.3) is 0 Å². The molecule has 1 aromatic rings. The molecule has 68 valence electrons. The molecule has 4 nitrogen and oxygen atoms in total. The fourth-order valence-corrected chi connectivity index (χ4v) is 1.87. The topological polar surface area (TPSA) is 87.1 Å². The summed E-state index contributed by atoms with van der Waals surface area (Å²) >= 11 is 1.25. The second-order valence-corrected chi connectivity index (χ2v) is 3.42. The number of hydrogen-bond donors (Lipinski definition) is 2. The second kappa shape index (κ2) is 4.03. The van der Waals surface area contributed by atoms with Gasteiger partial charge in [0.25, 0.3) is 0 Å². The molecular weight excluding hydrogens is 188 g/mol. The Balaban J connectivity index is 2.93. The van der Waals surface area contributed by atoms with Crippen LogP contribution in [-0.2, 0) is 4.79 Å². The number of carboxylic acid groups (broad SMARTS) is 1. The summed E-state index contributed by atoms with van der Waals surface area (Å²) in [5.74, 6) is -1.64. The van der Waals surface area contributed by atoms with Crippen LogP contribution in [0, 0.1) is 11.3 Å². The second-order valence-electron chi connectivity index (χ2n) is 2.48. The van der Waals surface area contributed by atoms with E-state index in [1.165, 1.54) is 11.3 Å². The zero-order valence-corrected chi connectivity index (χ0v) is 7.54. The van der Waals surface area contributed by atoms with Crippen LogP contribution in [0.15, 0.2) is 11.4 Å². The first-order chi connectivity index (χ1) is 6.19. The monoisotopic (exact) mass is 196 g/mol. The van der Waals surface area contributed by atoms with Crippen molar-refractivity contribution in [3.63, 3.8) is 0 Å². The van der Waals surface area contributed by atoms with Gasteiger partial charge in [-0.05, 0) is 6.07 Å². The predicted octanol–water partition coefficient (Wildman–Crippen LogP) is 0.747. The molecule has 3 N–H and O–H groups in total. The summed E-state index contributed by atoms with van der Waals surface area (Å²) in [5, 5.41) is 18.9. The molecule has 0 saturated heterocycles. The highest BCUT2D eigenvalue weighted by Gasteiger charge is 2.19. The third-order valence-corrected chi connectivity index (χ3v) is 2.67. The van der Waals surface area contributed by atoms with Gasteiger partial charge in [0.15, 0.2) is 0 Å². The Hall–Kier alpha value is -1.38. The average molecular weight is 196 g/mol. The first-order valence-corrected chi connectivity index (χ1v) is 4.48. The van der Waals surface area contributed by atoms with E-state index in [9.17, 15) is 4.79 Å². The molecule has 0 aliphatic carbocycles. The van der Waals surface area contributed by atoms with Gasteiger partial charge in [0, 0.05) is 16.8 Å². The number of thiophene rings is 1. The van der Waals surface area contributed by atoms with Crippen LogP contribution in [0.3, 0.4) is 0 Å². The van der Waals surface area contributed by atoms with E-state index in [2.05, 4.69) is 0 Å². The highest BCUT2D eigenvalue weighted by Crippen LogP contribution is 2.23. The summed E-state index contributed by atoms with van der Waals surface area (Å²) in [4.78, 5) is 11.3. The smallest absolute Gasteiger partial charge is 0.313 e. The molecule has 1 aromatic heterocycles. The molecule has 0 aliphatic heterocycles. The average Bonchev–Trinajstić information content (AvgIpc) is 2.53. The van der Waals surface area contributed by atoms with Gasteiger partial charge < -0.3 is 10.8 Å². The maximum atomic E-state index is 10.7. The lowest BCUT2D eigenvalue weighted by Gasteiger charge is -2.05. The molecule has 1 heterocycles. The van der Waals surface area contributed by atoms with Crippen molar-refractivity contribution in [3.05, 3.63) is 21.9 Å². The fraction of sp³-hybridized carbons (Fsp3) is 0.250. The van der Waals surface area contributed by atoms with Crippen molar-refractivity contribution in [3.8, 4) is 6.07 Å². The Kier molecular flexibility index (Phi) is 3.01. The van der Waals surface area contributed by atoms with E-state index >= 15 is 0 Å². The number of nitrogens with two attached hydrogens (primary N) is 1. The molecule has 1 atom stereocenters. The van der Waals surface area contributed by atoms with Gasteiger partial charge in [0.05, 0.1) is 5.56 Å².